The van der Waals surface area contributed by atoms with Crippen molar-refractivity contribution < 1.29 is 13.9 Å². The van der Waals surface area contributed by atoms with Gasteiger partial charge >= 0.3 is 0 Å². The van der Waals surface area contributed by atoms with E-state index in [1.807, 2.05) is 19.9 Å². The molecule has 3 nitrogen and oxygen atoms in total. The lowest BCUT2D eigenvalue weighted by Gasteiger charge is -2.14. The Labute approximate surface area is 126 Å². The Balaban J connectivity index is 1.77. The zero-order chi connectivity index (χ0) is 15.1. The molecule has 0 radical (unpaired) electrons. The summed E-state index contributed by atoms with van der Waals surface area (Å²) >= 11 is 0. The van der Waals surface area contributed by atoms with E-state index in [4.69, 9.17) is 9.47 Å². The fourth-order valence-electron chi connectivity index (χ4n) is 2.69. The maximum Gasteiger partial charge on any atom is 0.165 e. The van der Waals surface area contributed by atoms with Crippen molar-refractivity contribution in [2.45, 2.75) is 51.7 Å². The second kappa shape index (κ2) is 8.35. The Bertz CT molecular complexity index is 433. The zero-order valence-corrected chi connectivity index (χ0v) is 13.0. The molecule has 1 aromatic carbocycles. The normalized spacial score (nSPS) is 19.7. The van der Waals surface area contributed by atoms with Gasteiger partial charge in [-0.15, -0.1) is 0 Å². The molecule has 0 amide bonds. The Morgan fingerprint density at radius 2 is 2.33 bits per heavy atom. The summed E-state index contributed by atoms with van der Waals surface area (Å²) < 4.78 is 25.1. The van der Waals surface area contributed by atoms with E-state index in [9.17, 15) is 4.39 Å². The third kappa shape index (κ3) is 4.97. The molecule has 118 valence electrons. The SMILES string of the molecule is CCNC(C)c1ccc(OCCCC2CCCO2)c(F)c1. The summed E-state index contributed by atoms with van der Waals surface area (Å²) in [4.78, 5) is 0. The third-order valence-electron chi connectivity index (χ3n) is 3.92. The average molecular weight is 295 g/mol. The molecule has 0 spiro atoms. The fraction of sp³-hybridized carbons (Fsp3) is 0.647. The van der Waals surface area contributed by atoms with Crippen LogP contribution in [-0.4, -0.2) is 25.9 Å². The van der Waals surface area contributed by atoms with Gasteiger partial charge in [0.2, 0.25) is 0 Å². The first-order valence-corrected chi connectivity index (χ1v) is 7.98. The number of rotatable bonds is 8. The van der Waals surface area contributed by atoms with Crippen molar-refractivity contribution in [3.05, 3.63) is 29.6 Å². The molecule has 21 heavy (non-hydrogen) atoms. The lowest BCUT2D eigenvalue weighted by molar-refractivity contribution is 0.0979. The van der Waals surface area contributed by atoms with E-state index in [1.54, 1.807) is 12.1 Å². The molecule has 1 aromatic rings. The summed E-state index contributed by atoms with van der Waals surface area (Å²) in [6.45, 7) is 6.35. The largest absolute Gasteiger partial charge is 0.491 e. The van der Waals surface area contributed by atoms with Gasteiger partial charge in [-0.2, -0.15) is 0 Å². The molecular formula is C17H26FNO2. The summed E-state index contributed by atoms with van der Waals surface area (Å²) in [6.07, 6.45) is 4.58. The van der Waals surface area contributed by atoms with E-state index in [-0.39, 0.29) is 11.9 Å². The molecule has 1 N–H and O–H groups in total. The standard InChI is InChI=1S/C17H26FNO2/c1-3-19-13(2)14-8-9-17(16(18)12-14)21-11-5-7-15-6-4-10-20-15/h8-9,12-13,15,19H,3-7,10-11H2,1-2H3. The average Bonchev–Trinajstić information content (AvgIpc) is 2.98. The molecule has 0 saturated carbocycles. The van der Waals surface area contributed by atoms with Gasteiger partial charge in [0.25, 0.3) is 0 Å². The molecule has 4 heteroatoms. The molecular weight excluding hydrogens is 269 g/mol. The fourth-order valence-corrected chi connectivity index (χ4v) is 2.69. The predicted molar refractivity (Wildman–Crippen MR) is 82.2 cm³/mol. The minimum absolute atomic E-state index is 0.151. The number of benzene rings is 1. The molecule has 1 aliphatic heterocycles. The summed E-state index contributed by atoms with van der Waals surface area (Å²) in [7, 11) is 0. The van der Waals surface area contributed by atoms with E-state index in [2.05, 4.69) is 5.32 Å². The highest BCUT2D eigenvalue weighted by Gasteiger charge is 2.15. The molecule has 2 unspecified atom stereocenters. The number of ether oxygens (including phenoxy) is 2. The first-order chi connectivity index (χ1) is 10.2. The van der Waals surface area contributed by atoms with Gasteiger partial charge in [0.05, 0.1) is 12.7 Å². The monoisotopic (exact) mass is 295 g/mol. The van der Waals surface area contributed by atoms with Crippen LogP contribution in [0.5, 0.6) is 5.75 Å². The smallest absolute Gasteiger partial charge is 0.165 e. The van der Waals surface area contributed by atoms with Crippen LogP contribution in [0.4, 0.5) is 4.39 Å². The Morgan fingerprint density at radius 1 is 1.48 bits per heavy atom. The van der Waals surface area contributed by atoms with Crippen LogP contribution < -0.4 is 10.1 Å². The molecule has 1 fully saturated rings. The minimum Gasteiger partial charge on any atom is -0.491 e. The maximum atomic E-state index is 14.0. The summed E-state index contributed by atoms with van der Waals surface area (Å²) in [5.41, 5.74) is 0.945. The van der Waals surface area contributed by atoms with Gasteiger partial charge < -0.3 is 14.8 Å². The van der Waals surface area contributed by atoms with Gasteiger partial charge in [0.15, 0.2) is 11.6 Å². The molecule has 1 aliphatic rings. The molecule has 2 rings (SSSR count). The number of halogens is 1. The van der Waals surface area contributed by atoms with Crippen molar-refractivity contribution in [1.29, 1.82) is 0 Å². The topological polar surface area (TPSA) is 30.5 Å². The van der Waals surface area contributed by atoms with Gasteiger partial charge in [-0.05, 0) is 56.8 Å². The highest BCUT2D eigenvalue weighted by atomic mass is 19.1. The first kappa shape index (κ1) is 16.2. The molecule has 0 aliphatic carbocycles. The second-order valence-corrected chi connectivity index (χ2v) is 5.59. The summed E-state index contributed by atoms with van der Waals surface area (Å²) in [5.74, 6) is 0.0594. The maximum absolute atomic E-state index is 14.0. The second-order valence-electron chi connectivity index (χ2n) is 5.59. The highest BCUT2D eigenvalue weighted by molar-refractivity contribution is 5.30. The minimum atomic E-state index is -0.283. The van der Waals surface area contributed by atoms with Gasteiger partial charge in [-0.1, -0.05) is 13.0 Å². The molecule has 2 atom stereocenters. The van der Waals surface area contributed by atoms with Crippen molar-refractivity contribution in [3.63, 3.8) is 0 Å². The van der Waals surface area contributed by atoms with E-state index in [0.29, 0.717) is 18.5 Å². The van der Waals surface area contributed by atoms with Crippen LogP contribution in [0.1, 0.15) is 51.1 Å². The van der Waals surface area contributed by atoms with Crippen molar-refractivity contribution in [2.24, 2.45) is 0 Å². The molecule has 0 aromatic heterocycles. The van der Waals surface area contributed by atoms with Crippen LogP contribution >= 0.6 is 0 Å². The van der Waals surface area contributed by atoms with Gasteiger partial charge in [0, 0.05) is 12.6 Å². The van der Waals surface area contributed by atoms with Gasteiger partial charge in [-0.3, -0.25) is 0 Å². The van der Waals surface area contributed by atoms with Crippen molar-refractivity contribution in [3.8, 4) is 5.75 Å². The van der Waals surface area contributed by atoms with E-state index < -0.39 is 0 Å². The van der Waals surface area contributed by atoms with E-state index in [1.165, 1.54) is 0 Å². The predicted octanol–water partition coefficient (Wildman–Crippen LogP) is 3.83. The Hall–Kier alpha value is -1.13. The zero-order valence-electron chi connectivity index (χ0n) is 13.0. The number of hydrogen-bond donors (Lipinski definition) is 1. The summed E-state index contributed by atoms with van der Waals surface area (Å²) in [5, 5.41) is 3.27. The van der Waals surface area contributed by atoms with Crippen LogP contribution in [0.2, 0.25) is 0 Å². The van der Waals surface area contributed by atoms with E-state index in [0.717, 1.165) is 44.4 Å². The molecule has 1 saturated heterocycles. The highest BCUT2D eigenvalue weighted by Crippen LogP contribution is 2.23. The number of hydrogen-bond acceptors (Lipinski definition) is 3. The van der Waals surface area contributed by atoms with Crippen LogP contribution in [-0.2, 0) is 4.74 Å². The lowest BCUT2D eigenvalue weighted by atomic mass is 10.1. The van der Waals surface area contributed by atoms with Gasteiger partial charge in [-0.25, -0.2) is 4.39 Å². The van der Waals surface area contributed by atoms with Crippen LogP contribution in [0.3, 0.4) is 0 Å². The van der Waals surface area contributed by atoms with Crippen molar-refractivity contribution in [2.75, 3.05) is 19.8 Å². The lowest BCUT2D eigenvalue weighted by Crippen LogP contribution is -2.17. The van der Waals surface area contributed by atoms with Crippen LogP contribution in [0, 0.1) is 5.82 Å². The molecule has 1 heterocycles. The Kier molecular flexibility index (Phi) is 6.46. The third-order valence-corrected chi connectivity index (χ3v) is 3.92. The van der Waals surface area contributed by atoms with Gasteiger partial charge in [0.1, 0.15) is 0 Å². The summed E-state index contributed by atoms with van der Waals surface area (Å²) in [6, 6.07) is 5.36. The van der Waals surface area contributed by atoms with Crippen LogP contribution in [0.25, 0.3) is 0 Å². The van der Waals surface area contributed by atoms with Crippen molar-refractivity contribution >= 4 is 0 Å². The Morgan fingerprint density at radius 3 is 3.00 bits per heavy atom. The van der Waals surface area contributed by atoms with E-state index >= 15 is 0 Å². The molecule has 0 bridgehead atoms. The van der Waals surface area contributed by atoms with Crippen LogP contribution in [0.15, 0.2) is 18.2 Å². The quantitative estimate of drug-likeness (QED) is 0.739. The van der Waals surface area contributed by atoms with Crippen molar-refractivity contribution in [1.82, 2.24) is 5.32 Å². The number of nitrogens with one attached hydrogen (secondary N) is 1. The first-order valence-electron chi connectivity index (χ1n) is 7.98.